The van der Waals surface area contributed by atoms with E-state index in [0.717, 1.165) is 25.0 Å². The molecule has 1 saturated carbocycles. The number of aryl methyl sites for hydroxylation is 1. The predicted octanol–water partition coefficient (Wildman–Crippen LogP) is 2.07. The standard InChI is InChI=1S/C16H19N5/c1-20-11-18-19-16(20)10-21-9-12(8-17-13-6-7-13)14-4-2-3-5-15(14)21/h2-5,9,11,13,17H,6-8,10H2,1H3. The van der Waals surface area contributed by atoms with E-state index in [1.807, 2.05) is 11.6 Å². The van der Waals surface area contributed by atoms with Gasteiger partial charge in [-0.1, -0.05) is 18.2 Å². The average molecular weight is 281 g/mol. The van der Waals surface area contributed by atoms with Crippen molar-refractivity contribution in [1.29, 1.82) is 0 Å². The molecular weight excluding hydrogens is 262 g/mol. The molecule has 108 valence electrons. The van der Waals surface area contributed by atoms with Crippen LogP contribution >= 0.6 is 0 Å². The molecule has 2 aromatic heterocycles. The summed E-state index contributed by atoms with van der Waals surface area (Å²) in [5.74, 6) is 0.970. The predicted molar refractivity (Wildman–Crippen MR) is 81.9 cm³/mol. The van der Waals surface area contributed by atoms with Crippen LogP contribution in [0.2, 0.25) is 0 Å². The van der Waals surface area contributed by atoms with E-state index in [2.05, 4.69) is 50.5 Å². The first kappa shape index (κ1) is 12.6. The average Bonchev–Trinajstić information content (AvgIpc) is 3.16. The summed E-state index contributed by atoms with van der Waals surface area (Å²) in [6.07, 6.45) is 6.63. The van der Waals surface area contributed by atoms with Crippen LogP contribution in [0.25, 0.3) is 10.9 Å². The normalized spacial score (nSPS) is 14.9. The summed E-state index contributed by atoms with van der Waals surface area (Å²) in [6.45, 7) is 1.69. The van der Waals surface area contributed by atoms with Crippen LogP contribution in [-0.4, -0.2) is 25.4 Å². The van der Waals surface area contributed by atoms with Gasteiger partial charge in [0.25, 0.3) is 0 Å². The molecule has 0 amide bonds. The Morgan fingerprint density at radius 3 is 2.90 bits per heavy atom. The Kier molecular flexibility index (Phi) is 3.00. The van der Waals surface area contributed by atoms with E-state index in [9.17, 15) is 0 Å². The van der Waals surface area contributed by atoms with Crippen molar-refractivity contribution in [3.05, 3.63) is 48.2 Å². The monoisotopic (exact) mass is 281 g/mol. The lowest BCUT2D eigenvalue weighted by Crippen LogP contribution is -2.15. The molecule has 21 heavy (non-hydrogen) atoms. The van der Waals surface area contributed by atoms with Crippen LogP contribution in [0.1, 0.15) is 24.2 Å². The van der Waals surface area contributed by atoms with Gasteiger partial charge in [-0.3, -0.25) is 0 Å². The number of para-hydroxylation sites is 1. The third kappa shape index (κ3) is 2.45. The summed E-state index contributed by atoms with van der Waals surface area (Å²) >= 11 is 0. The first-order valence-corrected chi connectivity index (χ1v) is 7.44. The second kappa shape index (κ2) is 5.00. The van der Waals surface area contributed by atoms with Gasteiger partial charge in [-0.2, -0.15) is 0 Å². The minimum atomic E-state index is 0.728. The molecule has 5 heteroatoms. The maximum absolute atomic E-state index is 4.19. The minimum absolute atomic E-state index is 0.728. The van der Waals surface area contributed by atoms with E-state index in [0.29, 0.717) is 0 Å². The number of fused-ring (bicyclic) bond motifs is 1. The minimum Gasteiger partial charge on any atom is -0.339 e. The van der Waals surface area contributed by atoms with Crippen molar-refractivity contribution in [2.75, 3.05) is 0 Å². The molecule has 1 aromatic carbocycles. The van der Waals surface area contributed by atoms with Gasteiger partial charge in [0.15, 0.2) is 5.82 Å². The summed E-state index contributed by atoms with van der Waals surface area (Å²) in [6, 6.07) is 9.30. The molecule has 1 fully saturated rings. The fraction of sp³-hybridized carbons (Fsp3) is 0.375. The third-order valence-electron chi connectivity index (χ3n) is 4.15. The van der Waals surface area contributed by atoms with Crippen LogP contribution in [0.3, 0.4) is 0 Å². The van der Waals surface area contributed by atoms with Gasteiger partial charge < -0.3 is 14.5 Å². The molecule has 1 aliphatic rings. The molecule has 0 unspecified atom stereocenters. The highest BCUT2D eigenvalue weighted by Crippen LogP contribution is 2.24. The first-order valence-electron chi connectivity index (χ1n) is 7.44. The van der Waals surface area contributed by atoms with Crippen LogP contribution in [0.4, 0.5) is 0 Å². The molecule has 1 N–H and O–H groups in total. The van der Waals surface area contributed by atoms with Gasteiger partial charge in [-0.25, -0.2) is 0 Å². The molecule has 0 aliphatic heterocycles. The number of nitrogens with zero attached hydrogens (tertiary/aromatic N) is 4. The van der Waals surface area contributed by atoms with Crippen LogP contribution < -0.4 is 5.32 Å². The molecule has 0 saturated heterocycles. The lowest BCUT2D eigenvalue weighted by Gasteiger charge is -2.04. The summed E-state index contributed by atoms with van der Waals surface area (Å²) in [7, 11) is 1.98. The summed E-state index contributed by atoms with van der Waals surface area (Å²) in [4.78, 5) is 0. The van der Waals surface area contributed by atoms with E-state index >= 15 is 0 Å². The fourth-order valence-corrected chi connectivity index (χ4v) is 2.74. The van der Waals surface area contributed by atoms with Crippen LogP contribution in [0.5, 0.6) is 0 Å². The molecule has 3 aromatic rings. The number of aromatic nitrogens is 4. The van der Waals surface area contributed by atoms with Gasteiger partial charge in [-0.15, -0.1) is 10.2 Å². The van der Waals surface area contributed by atoms with Crippen molar-refractivity contribution in [2.45, 2.75) is 32.0 Å². The second-order valence-corrected chi connectivity index (χ2v) is 5.81. The van der Waals surface area contributed by atoms with Gasteiger partial charge in [0.05, 0.1) is 6.54 Å². The molecular formula is C16H19N5. The van der Waals surface area contributed by atoms with Gasteiger partial charge in [-0.05, 0) is 24.5 Å². The Morgan fingerprint density at radius 2 is 2.14 bits per heavy atom. The fourth-order valence-electron chi connectivity index (χ4n) is 2.74. The van der Waals surface area contributed by atoms with Crippen LogP contribution in [0.15, 0.2) is 36.8 Å². The topological polar surface area (TPSA) is 47.7 Å². The maximum atomic E-state index is 4.19. The number of benzene rings is 1. The highest BCUT2D eigenvalue weighted by atomic mass is 15.3. The van der Waals surface area contributed by atoms with Crippen molar-refractivity contribution in [2.24, 2.45) is 7.05 Å². The molecule has 5 nitrogen and oxygen atoms in total. The van der Waals surface area contributed by atoms with Crippen molar-refractivity contribution < 1.29 is 0 Å². The van der Waals surface area contributed by atoms with Gasteiger partial charge >= 0.3 is 0 Å². The van der Waals surface area contributed by atoms with Crippen LogP contribution in [-0.2, 0) is 20.1 Å². The maximum Gasteiger partial charge on any atom is 0.152 e. The second-order valence-electron chi connectivity index (χ2n) is 5.81. The third-order valence-corrected chi connectivity index (χ3v) is 4.15. The van der Waals surface area contributed by atoms with E-state index in [1.54, 1.807) is 6.33 Å². The summed E-state index contributed by atoms with van der Waals surface area (Å²) < 4.78 is 4.24. The zero-order valence-electron chi connectivity index (χ0n) is 12.2. The zero-order chi connectivity index (χ0) is 14.2. The zero-order valence-corrected chi connectivity index (χ0v) is 12.2. The van der Waals surface area contributed by atoms with Crippen molar-refractivity contribution in [3.63, 3.8) is 0 Å². The Morgan fingerprint density at radius 1 is 1.29 bits per heavy atom. The SMILES string of the molecule is Cn1cnnc1Cn1cc(CNC2CC2)c2ccccc21. The van der Waals surface area contributed by atoms with Gasteiger partial charge in [0.2, 0.25) is 0 Å². The number of hydrogen-bond donors (Lipinski definition) is 1. The summed E-state index contributed by atoms with van der Waals surface area (Å²) in [5, 5.41) is 13.1. The molecule has 1 aliphatic carbocycles. The Hall–Kier alpha value is -2.14. The van der Waals surface area contributed by atoms with E-state index in [4.69, 9.17) is 0 Å². The molecule has 0 radical (unpaired) electrons. The van der Waals surface area contributed by atoms with E-state index in [-0.39, 0.29) is 0 Å². The largest absolute Gasteiger partial charge is 0.339 e. The molecule has 0 spiro atoms. The highest BCUT2D eigenvalue weighted by Gasteiger charge is 2.21. The van der Waals surface area contributed by atoms with Crippen molar-refractivity contribution in [1.82, 2.24) is 24.6 Å². The van der Waals surface area contributed by atoms with Crippen molar-refractivity contribution >= 4 is 10.9 Å². The Bertz CT molecular complexity index is 766. The van der Waals surface area contributed by atoms with Gasteiger partial charge in [0.1, 0.15) is 6.33 Å². The quantitative estimate of drug-likeness (QED) is 0.779. The van der Waals surface area contributed by atoms with E-state index in [1.165, 1.54) is 29.3 Å². The number of nitrogens with one attached hydrogen (secondary N) is 1. The number of rotatable bonds is 5. The van der Waals surface area contributed by atoms with E-state index < -0.39 is 0 Å². The smallest absolute Gasteiger partial charge is 0.152 e. The Labute approximate surface area is 123 Å². The Balaban J connectivity index is 1.68. The highest BCUT2D eigenvalue weighted by molar-refractivity contribution is 5.84. The lowest BCUT2D eigenvalue weighted by atomic mass is 10.2. The van der Waals surface area contributed by atoms with Crippen LogP contribution in [0, 0.1) is 0 Å². The summed E-state index contributed by atoms with van der Waals surface area (Å²) in [5.41, 5.74) is 2.62. The molecule has 0 atom stereocenters. The first-order chi connectivity index (χ1) is 10.3. The van der Waals surface area contributed by atoms with Crippen molar-refractivity contribution in [3.8, 4) is 0 Å². The lowest BCUT2D eigenvalue weighted by molar-refractivity contribution is 0.680. The molecule has 4 rings (SSSR count). The molecule has 0 bridgehead atoms. The number of hydrogen-bond acceptors (Lipinski definition) is 3. The molecule has 2 heterocycles. The van der Waals surface area contributed by atoms with Gasteiger partial charge in [0, 0.05) is 36.7 Å².